The highest BCUT2D eigenvalue weighted by atomic mass is 32.1. The van der Waals surface area contributed by atoms with Crippen molar-refractivity contribution in [2.75, 3.05) is 11.9 Å². The van der Waals surface area contributed by atoms with Gasteiger partial charge in [-0.25, -0.2) is 4.98 Å². The zero-order valence-corrected chi connectivity index (χ0v) is 13.5. The Morgan fingerprint density at radius 3 is 2.86 bits per heavy atom. The topological polar surface area (TPSA) is 48.7 Å². The largest absolute Gasteiger partial charge is 0.361 e. The number of hydrogen-bond donors (Lipinski definition) is 1. The van der Waals surface area contributed by atoms with Gasteiger partial charge in [0.1, 0.15) is 0 Å². The van der Waals surface area contributed by atoms with Crippen LogP contribution in [0.2, 0.25) is 0 Å². The molecule has 108 valence electrons. The van der Waals surface area contributed by atoms with Gasteiger partial charge in [-0.05, 0) is 62.4 Å². The Balaban J connectivity index is 1.77. The van der Waals surface area contributed by atoms with E-state index in [4.69, 9.17) is 5.26 Å². The number of nitriles is 1. The van der Waals surface area contributed by atoms with Crippen molar-refractivity contribution >= 4 is 16.5 Å². The Morgan fingerprint density at radius 2 is 2.19 bits per heavy atom. The van der Waals surface area contributed by atoms with Gasteiger partial charge in [-0.2, -0.15) is 5.26 Å². The standard InChI is InChI=1S/C17H19N3S/c1-10-6-13(8-18)7-14-4-5-15(16(10)14)9-19-17-20-11(2)12(3)21-17/h6-7,15H,4-5,9H2,1-3H3,(H,19,20). The van der Waals surface area contributed by atoms with Crippen LogP contribution in [0.25, 0.3) is 0 Å². The zero-order valence-electron chi connectivity index (χ0n) is 12.7. The first kappa shape index (κ1) is 14.1. The summed E-state index contributed by atoms with van der Waals surface area (Å²) in [5, 5.41) is 13.6. The van der Waals surface area contributed by atoms with Gasteiger partial charge in [-0.3, -0.25) is 0 Å². The average molecular weight is 297 g/mol. The van der Waals surface area contributed by atoms with E-state index < -0.39 is 0 Å². The van der Waals surface area contributed by atoms with Crippen molar-refractivity contribution in [2.24, 2.45) is 0 Å². The van der Waals surface area contributed by atoms with Gasteiger partial charge in [0.2, 0.25) is 0 Å². The van der Waals surface area contributed by atoms with Crippen molar-refractivity contribution in [2.45, 2.75) is 39.5 Å². The summed E-state index contributed by atoms with van der Waals surface area (Å²) in [7, 11) is 0. The summed E-state index contributed by atoms with van der Waals surface area (Å²) in [5.41, 5.74) is 5.94. The smallest absolute Gasteiger partial charge is 0.183 e. The lowest BCUT2D eigenvalue weighted by Gasteiger charge is -2.15. The summed E-state index contributed by atoms with van der Waals surface area (Å²) in [6.07, 6.45) is 2.23. The summed E-state index contributed by atoms with van der Waals surface area (Å²) >= 11 is 1.72. The van der Waals surface area contributed by atoms with Gasteiger partial charge in [0.05, 0.1) is 17.3 Å². The maximum absolute atomic E-state index is 9.07. The summed E-state index contributed by atoms with van der Waals surface area (Å²) in [4.78, 5) is 5.82. The van der Waals surface area contributed by atoms with Crippen molar-refractivity contribution in [3.63, 3.8) is 0 Å². The highest BCUT2D eigenvalue weighted by Crippen LogP contribution is 2.36. The van der Waals surface area contributed by atoms with Gasteiger partial charge in [0, 0.05) is 17.3 Å². The lowest BCUT2D eigenvalue weighted by Crippen LogP contribution is -2.11. The van der Waals surface area contributed by atoms with E-state index in [-0.39, 0.29) is 0 Å². The number of rotatable bonds is 3. The molecular weight excluding hydrogens is 278 g/mol. The molecule has 1 unspecified atom stereocenters. The molecule has 1 aliphatic rings. The first-order valence-electron chi connectivity index (χ1n) is 7.30. The van der Waals surface area contributed by atoms with Crippen LogP contribution >= 0.6 is 11.3 Å². The van der Waals surface area contributed by atoms with Crippen molar-refractivity contribution in [3.8, 4) is 6.07 Å². The van der Waals surface area contributed by atoms with Gasteiger partial charge in [-0.1, -0.05) is 0 Å². The molecule has 3 nitrogen and oxygen atoms in total. The van der Waals surface area contributed by atoms with Crippen molar-refractivity contribution < 1.29 is 0 Å². The molecule has 21 heavy (non-hydrogen) atoms. The van der Waals surface area contributed by atoms with E-state index in [1.54, 1.807) is 11.3 Å². The Hall–Kier alpha value is -1.86. The third-order valence-electron chi connectivity index (χ3n) is 4.30. The average Bonchev–Trinajstić information content (AvgIpc) is 3.01. The van der Waals surface area contributed by atoms with Crippen LogP contribution in [0.15, 0.2) is 12.1 Å². The second-order valence-corrected chi connectivity index (χ2v) is 6.96. The minimum absolute atomic E-state index is 0.525. The number of fused-ring (bicyclic) bond motifs is 1. The van der Waals surface area contributed by atoms with Crippen molar-refractivity contribution in [1.29, 1.82) is 5.26 Å². The molecule has 0 aliphatic heterocycles. The van der Waals surface area contributed by atoms with Crippen LogP contribution in [0.1, 0.15) is 45.2 Å². The number of aromatic nitrogens is 1. The van der Waals surface area contributed by atoms with E-state index in [1.165, 1.54) is 21.6 Å². The second kappa shape index (κ2) is 5.50. The van der Waals surface area contributed by atoms with Crippen LogP contribution in [-0.2, 0) is 6.42 Å². The second-order valence-electron chi connectivity index (χ2n) is 5.75. The Kier molecular flexibility index (Phi) is 3.69. The molecule has 0 amide bonds. The predicted molar refractivity (Wildman–Crippen MR) is 87.0 cm³/mol. The lowest BCUT2D eigenvalue weighted by atomic mass is 9.95. The lowest BCUT2D eigenvalue weighted by molar-refractivity contribution is 0.705. The van der Waals surface area contributed by atoms with Gasteiger partial charge in [0.25, 0.3) is 0 Å². The molecule has 3 rings (SSSR count). The molecule has 1 aromatic heterocycles. The monoisotopic (exact) mass is 297 g/mol. The third kappa shape index (κ3) is 2.66. The fourth-order valence-electron chi connectivity index (χ4n) is 3.16. The normalized spacial score (nSPS) is 16.6. The summed E-state index contributed by atoms with van der Waals surface area (Å²) in [6.45, 7) is 7.20. The number of hydrogen-bond acceptors (Lipinski definition) is 4. The van der Waals surface area contributed by atoms with Crippen LogP contribution in [0.4, 0.5) is 5.13 Å². The van der Waals surface area contributed by atoms with Crippen LogP contribution in [-0.4, -0.2) is 11.5 Å². The van der Waals surface area contributed by atoms with Gasteiger partial charge < -0.3 is 5.32 Å². The first-order chi connectivity index (χ1) is 10.1. The molecule has 0 saturated heterocycles. The van der Waals surface area contributed by atoms with Crippen LogP contribution in [0.5, 0.6) is 0 Å². The number of benzene rings is 1. The molecule has 4 heteroatoms. The molecule has 2 aromatic rings. The van der Waals surface area contributed by atoms with E-state index in [2.05, 4.69) is 43.2 Å². The van der Waals surface area contributed by atoms with E-state index >= 15 is 0 Å². The quantitative estimate of drug-likeness (QED) is 0.928. The fourth-order valence-corrected chi connectivity index (χ4v) is 3.99. The molecule has 0 saturated carbocycles. The SMILES string of the molecule is Cc1cc(C#N)cc2c1C(CNc1nc(C)c(C)s1)CC2. The molecule has 0 fully saturated rings. The molecule has 1 atom stereocenters. The van der Waals surface area contributed by atoms with E-state index in [0.29, 0.717) is 5.92 Å². The predicted octanol–water partition coefficient (Wildman–Crippen LogP) is 4.08. The van der Waals surface area contributed by atoms with E-state index in [0.717, 1.165) is 35.8 Å². The fraction of sp³-hybridized carbons (Fsp3) is 0.412. The number of anilines is 1. The highest BCUT2D eigenvalue weighted by molar-refractivity contribution is 7.15. The molecule has 1 aromatic carbocycles. The molecule has 0 spiro atoms. The Labute approximate surface area is 129 Å². The summed E-state index contributed by atoms with van der Waals surface area (Å²) in [6, 6.07) is 6.32. The maximum Gasteiger partial charge on any atom is 0.183 e. The first-order valence-corrected chi connectivity index (χ1v) is 8.11. The maximum atomic E-state index is 9.07. The zero-order chi connectivity index (χ0) is 15.0. The Bertz CT molecular complexity index is 705. The highest BCUT2D eigenvalue weighted by Gasteiger charge is 2.25. The van der Waals surface area contributed by atoms with Gasteiger partial charge in [-0.15, -0.1) is 11.3 Å². The third-order valence-corrected chi connectivity index (χ3v) is 5.33. The van der Waals surface area contributed by atoms with Gasteiger partial charge >= 0.3 is 0 Å². The molecule has 0 bridgehead atoms. The van der Waals surface area contributed by atoms with E-state index in [1.807, 2.05) is 6.07 Å². The molecule has 1 aliphatic carbocycles. The molecule has 1 N–H and O–H groups in total. The van der Waals surface area contributed by atoms with Gasteiger partial charge in [0.15, 0.2) is 5.13 Å². The molecule has 0 radical (unpaired) electrons. The van der Waals surface area contributed by atoms with Crippen LogP contribution in [0, 0.1) is 32.1 Å². The van der Waals surface area contributed by atoms with Crippen LogP contribution < -0.4 is 5.32 Å². The molecule has 1 heterocycles. The number of nitrogens with zero attached hydrogens (tertiary/aromatic N) is 2. The Morgan fingerprint density at radius 1 is 1.38 bits per heavy atom. The number of nitrogens with one attached hydrogen (secondary N) is 1. The van der Waals surface area contributed by atoms with Crippen LogP contribution in [0.3, 0.4) is 0 Å². The molecular formula is C17H19N3S. The number of thiazole rings is 1. The van der Waals surface area contributed by atoms with E-state index in [9.17, 15) is 0 Å². The number of aryl methyl sites for hydroxylation is 4. The minimum Gasteiger partial charge on any atom is -0.361 e. The summed E-state index contributed by atoms with van der Waals surface area (Å²) in [5.74, 6) is 0.525. The summed E-state index contributed by atoms with van der Waals surface area (Å²) < 4.78 is 0. The minimum atomic E-state index is 0.525. The van der Waals surface area contributed by atoms with Crippen molar-refractivity contribution in [1.82, 2.24) is 4.98 Å². The van der Waals surface area contributed by atoms with Crippen molar-refractivity contribution in [3.05, 3.63) is 45.0 Å².